The molecular formula is C15H18N4. The van der Waals surface area contributed by atoms with Crippen LogP contribution in [0.3, 0.4) is 0 Å². The van der Waals surface area contributed by atoms with Crippen LogP contribution >= 0.6 is 0 Å². The first kappa shape index (κ1) is 13.3. The summed E-state index contributed by atoms with van der Waals surface area (Å²) in [5.74, 6) is 0. The third kappa shape index (κ3) is 3.43. The van der Waals surface area contributed by atoms with E-state index in [1.165, 1.54) is 0 Å². The number of nitrogens with zero attached hydrogens (tertiary/aromatic N) is 2. The fourth-order valence-electron chi connectivity index (χ4n) is 2.03. The molecule has 0 amide bonds. The van der Waals surface area contributed by atoms with E-state index in [0.717, 1.165) is 29.8 Å². The van der Waals surface area contributed by atoms with Crippen molar-refractivity contribution in [3.8, 4) is 17.3 Å². The number of hydrogen-bond acceptors (Lipinski definition) is 3. The highest BCUT2D eigenvalue weighted by Gasteiger charge is 2.10. The molecule has 4 heteroatoms. The second-order valence-electron chi connectivity index (χ2n) is 4.48. The Morgan fingerprint density at radius 1 is 1.37 bits per heavy atom. The lowest BCUT2D eigenvalue weighted by Crippen LogP contribution is -2.27. The molecule has 0 spiro atoms. The lowest BCUT2D eigenvalue weighted by molar-refractivity contribution is 0.505. The average Bonchev–Trinajstić information content (AvgIpc) is 2.93. The van der Waals surface area contributed by atoms with Gasteiger partial charge in [-0.2, -0.15) is 10.4 Å². The van der Waals surface area contributed by atoms with Crippen molar-refractivity contribution >= 4 is 0 Å². The molecule has 0 saturated heterocycles. The maximum absolute atomic E-state index is 8.75. The van der Waals surface area contributed by atoms with Crippen molar-refractivity contribution in [3.05, 3.63) is 42.1 Å². The third-order valence-corrected chi connectivity index (χ3v) is 3.19. The number of nitrogens with one attached hydrogen (secondary N) is 2. The Hall–Kier alpha value is -2.12. The Morgan fingerprint density at radius 2 is 2.16 bits per heavy atom. The molecular weight excluding hydrogens is 236 g/mol. The zero-order chi connectivity index (χ0) is 13.5. The van der Waals surface area contributed by atoms with Crippen LogP contribution in [0, 0.1) is 11.3 Å². The topological polar surface area (TPSA) is 64.5 Å². The fraction of sp³-hybridized carbons (Fsp3) is 0.333. The molecule has 0 bridgehead atoms. The van der Waals surface area contributed by atoms with Gasteiger partial charge in [-0.25, -0.2) is 0 Å². The van der Waals surface area contributed by atoms with Crippen molar-refractivity contribution in [2.45, 2.75) is 32.4 Å². The molecule has 2 N–H and O–H groups in total. The van der Waals surface area contributed by atoms with E-state index in [0.29, 0.717) is 6.42 Å². The van der Waals surface area contributed by atoms with Crippen LogP contribution in [0.2, 0.25) is 0 Å². The standard InChI is InChI=1S/C15H18N4/c1-2-14(8-9-16)17-10-13-11-18-19-15(13)12-6-4-3-5-7-12/h3-7,11,14,17H,2,8,10H2,1H3,(H,18,19). The number of H-pyrrole nitrogens is 1. The van der Waals surface area contributed by atoms with Gasteiger partial charge in [-0.3, -0.25) is 5.10 Å². The van der Waals surface area contributed by atoms with Gasteiger partial charge in [-0.1, -0.05) is 37.3 Å². The van der Waals surface area contributed by atoms with Crippen LogP contribution in [0.5, 0.6) is 0 Å². The van der Waals surface area contributed by atoms with Gasteiger partial charge in [0.1, 0.15) is 0 Å². The van der Waals surface area contributed by atoms with E-state index in [1.807, 2.05) is 24.4 Å². The van der Waals surface area contributed by atoms with E-state index < -0.39 is 0 Å². The van der Waals surface area contributed by atoms with Gasteiger partial charge in [0.25, 0.3) is 0 Å². The highest BCUT2D eigenvalue weighted by atomic mass is 15.1. The largest absolute Gasteiger partial charge is 0.309 e. The van der Waals surface area contributed by atoms with Crippen molar-refractivity contribution in [3.63, 3.8) is 0 Å². The Labute approximate surface area is 113 Å². The molecule has 4 nitrogen and oxygen atoms in total. The zero-order valence-electron chi connectivity index (χ0n) is 11.1. The second-order valence-corrected chi connectivity index (χ2v) is 4.48. The van der Waals surface area contributed by atoms with Crippen molar-refractivity contribution in [2.75, 3.05) is 0 Å². The normalized spacial score (nSPS) is 12.0. The summed E-state index contributed by atoms with van der Waals surface area (Å²) >= 11 is 0. The second kappa shape index (κ2) is 6.72. The summed E-state index contributed by atoms with van der Waals surface area (Å²) in [6, 6.07) is 12.6. The average molecular weight is 254 g/mol. The summed E-state index contributed by atoms with van der Waals surface area (Å²) in [5.41, 5.74) is 3.30. The maximum Gasteiger partial charge on any atom is 0.0695 e. The van der Waals surface area contributed by atoms with Gasteiger partial charge in [0, 0.05) is 18.2 Å². The summed E-state index contributed by atoms with van der Waals surface area (Å²) in [6.07, 6.45) is 3.33. The minimum absolute atomic E-state index is 0.239. The van der Waals surface area contributed by atoms with Crippen molar-refractivity contribution in [1.29, 1.82) is 5.26 Å². The Kier molecular flexibility index (Phi) is 4.71. The highest BCUT2D eigenvalue weighted by Crippen LogP contribution is 2.20. The van der Waals surface area contributed by atoms with Crippen LogP contribution in [0.1, 0.15) is 25.3 Å². The molecule has 1 aromatic heterocycles. The van der Waals surface area contributed by atoms with E-state index >= 15 is 0 Å². The molecule has 98 valence electrons. The minimum Gasteiger partial charge on any atom is -0.309 e. The van der Waals surface area contributed by atoms with Gasteiger partial charge >= 0.3 is 0 Å². The lowest BCUT2D eigenvalue weighted by atomic mass is 10.1. The van der Waals surface area contributed by atoms with Crippen molar-refractivity contribution < 1.29 is 0 Å². The quantitative estimate of drug-likeness (QED) is 0.833. The molecule has 0 aliphatic heterocycles. The molecule has 1 aromatic carbocycles. The summed E-state index contributed by atoms with van der Waals surface area (Å²) < 4.78 is 0. The molecule has 0 saturated carbocycles. The molecule has 2 rings (SSSR count). The SMILES string of the molecule is CCC(CC#N)NCc1cn[nH]c1-c1ccccc1. The molecule has 0 aliphatic carbocycles. The summed E-state index contributed by atoms with van der Waals surface area (Å²) in [5, 5.41) is 19.3. The zero-order valence-corrected chi connectivity index (χ0v) is 11.1. The van der Waals surface area contributed by atoms with Crippen LogP contribution in [0.15, 0.2) is 36.5 Å². The van der Waals surface area contributed by atoms with E-state index in [1.54, 1.807) is 0 Å². The molecule has 1 unspecified atom stereocenters. The van der Waals surface area contributed by atoms with E-state index in [2.05, 4.69) is 40.6 Å². The molecule has 1 heterocycles. The van der Waals surface area contributed by atoms with Gasteiger partial charge in [-0.05, 0) is 12.0 Å². The first-order chi connectivity index (χ1) is 9.35. The minimum atomic E-state index is 0.239. The number of hydrogen-bond donors (Lipinski definition) is 2. The number of nitriles is 1. The molecule has 1 atom stereocenters. The van der Waals surface area contributed by atoms with Gasteiger partial charge in [-0.15, -0.1) is 0 Å². The van der Waals surface area contributed by atoms with Crippen LogP contribution in [-0.2, 0) is 6.54 Å². The number of aromatic amines is 1. The number of rotatable bonds is 6. The number of aromatic nitrogens is 2. The van der Waals surface area contributed by atoms with Gasteiger partial charge in [0.2, 0.25) is 0 Å². The summed E-state index contributed by atoms with van der Waals surface area (Å²) in [7, 11) is 0. The summed E-state index contributed by atoms with van der Waals surface area (Å²) in [6.45, 7) is 2.81. The van der Waals surface area contributed by atoms with E-state index in [4.69, 9.17) is 5.26 Å². The fourth-order valence-corrected chi connectivity index (χ4v) is 2.03. The predicted octanol–water partition coefficient (Wildman–Crippen LogP) is 2.86. The Morgan fingerprint density at radius 3 is 2.84 bits per heavy atom. The van der Waals surface area contributed by atoms with Gasteiger partial charge in [0.05, 0.1) is 24.4 Å². The number of benzene rings is 1. The smallest absolute Gasteiger partial charge is 0.0695 e. The van der Waals surface area contributed by atoms with Crippen LogP contribution < -0.4 is 5.32 Å². The van der Waals surface area contributed by atoms with Crippen LogP contribution in [0.4, 0.5) is 0 Å². The first-order valence-corrected chi connectivity index (χ1v) is 6.53. The highest BCUT2D eigenvalue weighted by molar-refractivity contribution is 5.62. The predicted molar refractivity (Wildman–Crippen MR) is 75.2 cm³/mol. The van der Waals surface area contributed by atoms with Gasteiger partial charge < -0.3 is 5.32 Å². The molecule has 0 fully saturated rings. The van der Waals surface area contributed by atoms with Crippen molar-refractivity contribution in [1.82, 2.24) is 15.5 Å². The third-order valence-electron chi connectivity index (χ3n) is 3.19. The van der Waals surface area contributed by atoms with Crippen molar-refractivity contribution in [2.24, 2.45) is 0 Å². The Bertz CT molecular complexity index is 539. The molecule has 0 radical (unpaired) electrons. The first-order valence-electron chi connectivity index (χ1n) is 6.53. The van der Waals surface area contributed by atoms with Crippen LogP contribution in [-0.4, -0.2) is 16.2 Å². The van der Waals surface area contributed by atoms with E-state index in [-0.39, 0.29) is 6.04 Å². The van der Waals surface area contributed by atoms with E-state index in [9.17, 15) is 0 Å². The van der Waals surface area contributed by atoms with Crippen LogP contribution in [0.25, 0.3) is 11.3 Å². The molecule has 0 aliphatic rings. The molecule has 2 aromatic rings. The lowest BCUT2D eigenvalue weighted by Gasteiger charge is -2.13. The molecule has 19 heavy (non-hydrogen) atoms. The van der Waals surface area contributed by atoms with Gasteiger partial charge in [0.15, 0.2) is 0 Å². The summed E-state index contributed by atoms with van der Waals surface area (Å²) in [4.78, 5) is 0. The maximum atomic E-state index is 8.75. The monoisotopic (exact) mass is 254 g/mol. The Balaban J connectivity index is 2.07.